The molecule has 6 nitrogen and oxygen atoms in total. The van der Waals surface area contributed by atoms with Crippen molar-refractivity contribution < 1.29 is 23.4 Å². The van der Waals surface area contributed by atoms with Gasteiger partial charge in [0.15, 0.2) is 17.9 Å². The van der Waals surface area contributed by atoms with Gasteiger partial charge in [-0.2, -0.15) is 0 Å². The Morgan fingerprint density at radius 2 is 2.22 bits per heavy atom. The van der Waals surface area contributed by atoms with Gasteiger partial charge in [0.2, 0.25) is 5.78 Å². The van der Waals surface area contributed by atoms with E-state index in [-0.39, 0.29) is 45.0 Å². The van der Waals surface area contributed by atoms with E-state index in [1.807, 2.05) is 0 Å². The van der Waals surface area contributed by atoms with E-state index in [4.69, 9.17) is 43.1 Å². The molecule has 3 rings (SSSR count). The molecule has 0 radical (unpaired) electrons. The summed E-state index contributed by atoms with van der Waals surface area (Å²) in [5.41, 5.74) is 6.10. The predicted octanol–water partition coefficient (Wildman–Crippen LogP) is 4.12. The molecular formula is C18H17Cl2FN2O4. The Morgan fingerprint density at radius 1 is 1.44 bits per heavy atom. The van der Waals surface area contributed by atoms with Crippen LogP contribution < -0.4 is 10.5 Å². The van der Waals surface area contributed by atoms with E-state index in [9.17, 15) is 9.18 Å². The fourth-order valence-electron chi connectivity index (χ4n) is 2.71. The number of hydrogen-bond donors (Lipinski definition) is 1. The summed E-state index contributed by atoms with van der Waals surface area (Å²) in [6.07, 6.45) is 1.16. The number of carbonyl (C=O) groups is 1. The van der Waals surface area contributed by atoms with E-state index < -0.39 is 17.9 Å². The molecule has 2 heterocycles. The molecule has 27 heavy (non-hydrogen) atoms. The molecule has 9 heteroatoms. The number of carbonyl (C=O) groups excluding carboxylic acids is 1. The lowest BCUT2D eigenvalue weighted by Gasteiger charge is -2.13. The van der Waals surface area contributed by atoms with E-state index in [2.05, 4.69) is 4.98 Å². The van der Waals surface area contributed by atoms with Gasteiger partial charge in [0.05, 0.1) is 28.5 Å². The smallest absolute Gasteiger partial charge is 0.208 e. The van der Waals surface area contributed by atoms with Gasteiger partial charge in [0.1, 0.15) is 12.3 Å². The van der Waals surface area contributed by atoms with Gasteiger partial charge in [-0.05, 0) is 24.6 Å². The maximum absolute atomic E-state index is 14.7. The van der Waals surface area contributed by atoms with Crippen LogP contribution in [0.2, 0.25) is 10.0 Å². The number of aromatic nitrogens is 1. The summed E-state index contributed by atoms with van der Waals surface area (Å²) < 4.78 is 30.4. The van der Waals surface area contributed by atoms with Crippen molar-refractivity contribution in [2.24, 2.45) is 0 Å². The number of nitrogen functional groups attached to an aromatic ring is 1. The highest BCUT2D eigenvalue weighted by Crippen LogP contribution is 2.36. The van der Waals surface area contributed by atoms with Crippen LogP contribution in [-0.2, 0) is 9.47 Å². The lowest BCUT2D eigenvalue weighted by Crippen LogP contribution is -2.19. The molecule has 1 aliphatic heterocycles. The van der Waals surface area contributed by atoms with Crippen LogP contribution in [0.4, 0.5) is 10.1 Å². The highest BCUT2D eigenvalue weighted by molar-refractivity contribution is 6.36. The minimum atomic E-state index is -0.715. The average Bonchev–Trinajstić information content (AvgIpc) is 3.16. The number of nitrogens with two attached hydrogens (primary N) is 1. The normalized spacial score (nSPS) is 16.5. The zero-order chi connectivity index (χ0) is 19.6. The van der Waals surface area contributed by atoms with Crippen LogP contribution in [0.1, 0.15) is 23.3 Å². The van der Waals surface area contributed by atoms with Gasteiger partial charge in [-0.25, -0.2) is 9.37 Å². The molecule has 2 aromatic rings. The zero-order valence-electron chi connectivity index (χ0n) is 14.4. The Hall–Kier alpha value is -1.93. The van der Waals surface area contributed by atoms with Gasteiger partial charge in [-0.15, -0.1) is 0 Å². The van der Waals surface area contributed by atoms with Crippen LogP contribution in [0.5, 0.6) is 5.75 Å². The van der Waals surface area contributed by atoms with Crippen molar-refractivity contribution in [2.75, 3.05) is 26.1 Å². The maximum Gasteiger partial charge on any atom is 0.208 e. The molecule has 0 amide bonds. The second-order valence-electron chi connectivity index (χ2n) is 5.88. The second kappa shape index (κ2) is 8.39. The third kappa shape index (κ3) is 4.16. The fourth-order valence-corrected chi connectivity index (χ4v) is 3.13. The Labute approximate surface area is 165 Å². The molecular weight excluding hydrogens is 398 g/mol. The van der Waals surface area contributed by atoms with Crippen LogP contribution in [0.25, 0.3) is 11.3 Å². The van der Waals surface area contributed by atoms with E-state index in [1.54, 1.807) is 0 Å². The van der Waals surface area contributed by atoms with E-state index >= 15 is 0 Å². The summed E-state index contributed by atoms with van der Waals surface area (Å²) in [4.78, 5) is 16.7. The zero-order valence-corrected chi connectivity index (χ0v) is 15.9. The Morgan fingerprint density at radius 3 is 2.89 bits per heavy atom. The number of ether oxygens (including phenoxy) is 3. The number of anilines is 1. The molecule has 1 fully saturated rings. The third-order valence-corrected chi connectivity index (χ3v) is 4.76. The third-order valence-electron chi connectivity index (χ3n) is 4.07. The van der Waals surface area contributed by atoms with Crippen molar-refractivity contribution in [3.8, 4) is 17.0 Å². The topological polar surface area (TPSA) is 83.7 Å². The summed E-state index contributed by atoms with van der Waals surface area (Å²) in [5, 5.41) is 0.1000. The molecule has 1 aliphatic rings. The number of ketones is 1. The monoisotopic (exact) mass is 414 g/mol. The van der Waals surface area contributed by atoms with Crippen LogP contribution in [-0.4, -0.2) is 37.4 Å². The second-order valence-corrected chi connectivity index (χ2v) is 6.66. The van der Waals surface area contributed by atoms with Crippen LogP contribution >= 0.6 is 23.2 Å². The Kier molecular flexibility index (Phi) is 6.16. The molecule has 0 bridgehead atoms. The number of benzene rings is 1. The van der Waals surface area contributed by atoms with E-state index in [0.717, 1.165) is 6.42 Å². The number of Topliss-reactive ketones (excluding diaryl/α,β-unsaturated/α-hetero) is 1. The summed E-state index contributed by atoms with van der Waals surface area (Å²) in [6.45, 7) is 0.324. The molecule has 0 spiro atoms. The van der Waals surface area contributed by atoms with Crippen LogP contribution in [0, 0.1) is 5.82 Å². The quantitative estimate of drug-likeness (QED) is 0.715. The summed E-state index contributed by atoms with van der Waals surface area (Å²) >= 11 is 12.0. The van der Waals surface area contributed by atoms with Crippen molar-refractivity contribution in [1.82, 2.24) is 4.98 Å². The maximum atomic E-state index is 14.7. The lowest BCUT2D eigenvalue weighted by atomic mass is 10.1. The largest absolute Gasteiger partial charge is 0.492 e. The number of hydrogen-bond acceptors (Lipinski definition) is 6. The van der Waals surface area contributed by atoms with Gasteiger partial charge in [0, 0.05) is 18.6 Å². The molecule has 1 aromatic heterocycles. The van der Waals surface area contributed by atoms with Gasteiger partial charge < -0.3 is 19.9 Å². The Bertz CT molecular complexity index is 873. The lowest BCUT2D eigenvalue weighted by molar-refractivity contribution is -0.102. The molecule has 1 aromatic carbocycles. The van der Waals surface area contributed by atoms with Crippen molar-refractivity contribution >= 4 is 34.7 Å². The summed E-state index contributed by atoms with van der Waals surface area (Å²) in [6, 6.07) is 4.27. The first kappa shape index (κ1) is 19.8. The number of pyridine rings is 1. The van der Waals surface area contributed by atoms with Gasteiger partial charge in [-0.3, -0.25) is 4.79 Å². The SMILES string of the molecule is COc1c(Cl)ccc(-c2cc(N)c(Cl)c(C(=O)COC3CCCO3)n2)c1F. The fraction of sp³-hybridized carbons (Fsp3) is 0.333. The van der Waals surface area contributed by atoms with E-state index in [1.165, 1.54) is 25.3 Å². The van der Waals surface area contributed by atoms with Crippen molar-refractivity contribution in [1.29, 1.82) is 0 Å². The van der Waals surface area contributed by atoms with Gasteiger partial charge >= 0.3 is 0 Å². The predicted molar refractivity (Wildman–Crippen MR) is 99.9 cm³/mol. The van der Waals surface area contributed by atoms with Crippen molar-refractivity contribution in [3.05, 3.63) is 39.8 Å². The van der Waals surface area contributed by atoms with Crippen molar-refractivity contribution in [2.45, 2.75) is 19.1 Å². The molecule has 0 aliphatic carbocycles. The first-order valence-corrected chi connectivity index (χ1v) is 8.92. The molecule has 1 saturated heterocycles. The molecule has 2 N–H and O–H groups in total. The first-order chi connectivity index (χ1) is 12.9. The van der Waals surface area contributed by atoms with Crippen LogP contribution in [0.15, 0.2) is 18.2 Å². The average molecular weight is 415 g/mol. The number of rotatable bonds is 6. The molecule has 1 atom stereocenters. The van der Waals surface area contributed by atoms with Crippen LogP contribution in [0.3, 0.4) is 0 Å². The van der Waals surface area contributed by atoms with Gasteiger partial charge in [0.25, 0.3) is 0 Å². The highest BCUT2D eigenvalue weighted by atomic mass is 35.5. The standard InChI is InChI=1S/C18H17Cl2FN2O4/c1-25-18-10(19)5-4-9(16(18)21)12-7-11(22)15(20)17(23-12)13(24)8-27-14-3-2-6-26-14/h4-5,7,14H,2-3,6,8H2,1H3,(H2,22,23). The van der Waals surface area contributed by atoms with E-state index in [0.29, 0.717) is 13.0 Å². The van der Waals surface area contributed by atoms with Crippen molar-refractivity contribution in [3.63, 3.8) is 0 Å². The summed E-state index contributed by atoms with van der Waals surface area (Å²) in [5.74, 6) is -1.32. The molecule has 0 saturated carbocycles. The minimum absolute atomic E-state index is 0.0129. The number of methoxy groups -OCH3 is 1. The number of halogens is 3. The minimum Gasteiger partial charge on any atom is -0.492 e. The number of nitrogens with zero attached hydrogens (tertiary/aromatic N) is 1. The molecule has 144 valence electrons. The Balaban J connectivity index is 1.93. The summed E-state index contributed by atoms with van der Waals surface area (Å²) in [7, 11) is 1.30. The van der Waals surface area contributed by atoms with Gasteiger partial charge in [-0.1, -0.05) is 23.2 Å². The molecule has 1 unspecified atom stereocenters. The highest BCUT2D eigenvalue weighted by Gasteiger charge is 2.23. The first-order valence-electron chi connectivity index (χ1n) is 8.17.